The van der Waals surface area contributed by atoms with Gasteiger partial charge in [0.15, 0.2) is 6.29 Å². The maximum absolute atomic E-state index is 11.7. The van der Waals surface area contributed by atoms with Gasteiger partial charge < -0.3 is 24.8 Å². The third-order valence-electron chi connectivity index (χ3n) is 5.82. The Balaban J connectivity index is 0.000000488. The van der Waals surface area contributed by atoms with E-state index in [1.807, 2.05) is 37.4 Å². The minimum Gasteiger partial charge on any atom is -0.497 e. The number of methoxy groups -OCH3 is 1. The van der Waals surface area contributed by atoms with Crippen molar-refractivity contribution in [1.82, 2.24) is 10.6 Å². The van der Waals surface area contributed by atoms with Crippen LogP contribution in [0.15, 0.2) is 58.7 Å². The first kappa shape index (κ1) is 31.3. The topological polar surface area (TPSA) is 85.9 Å². The van der Waals surface area contributed by atoms with Gasteiger partial charge in [-0.3, -0.25) is 9.59 Å². The monoisotopic (exact) mass is 500 g/mol. The number of allylic oxidation sites excluding steroid dienone is 5. The number of rotatable bonds is 12. The van der Waals surface area contributed by atoms with Crippen LogP contribution in [-0.2, 0) is 25.5 Å². The van der Waals surface area contributed by atoms with E-state index >= 15 is 0 Å². The lowest BCUT2D eigenvalue weighted by Crippen LogP contribution is -2.25. The summed E-state index contributed by atoms with van der Waals surface area (Å²) in [6.07, 6.45) is 9.09. The van der Waals surface area contributed by atoms with Gasteiger partial charge in [0.05, 0.1) is 20.3 Å². The lowest BCUT2D eigenvalue weighted by atomic mass is 9.96. The van der Waals surface area contributed by atoms with Crippen molar-refractivity contribution in [2.75, 3.05) is 41.0 Å². The van der Waals surface area contributed by atoms with Crippen molar-refractivity contribution in [3.05, 3.63) is 64.3 Å². The van der Waals surface area contributed by atoms with E-state index in [2.05, 4.69) is 24.5 Å². The number of likely N-dealkylation sites (N-methyl/N-ethyl adjacent to an activating group) is 1. The first-order valence-electron chi connectivity index (χ1n) is 12.6. The van der Waals surface area contributed by atoms with Crippen LogP contribution in [0.4, 0.5) is 0 Å². The van der Waals surface area contributed by atoms with Gasteiger partial charge >= 0.3 is 0 Å². The first-order chi connectivity index (χ1) is 17.4. The molecule has 1 aromatic rings. The average Bonchev–Trinajstić information content (AvgIpc) is 2.92. The van der Waals surface area contributed by atoms with Crippen molar-refractivity contribution >= 4 is 12.2 Å². The highest BCUT2D eigenvalue weighted by Gasteiger charge is 2.12. The highest BCUT2D eigenvalue weighted by Crippen LogP contribution is 2.21. The Morgan fingerprint density at radius 3 is 2.47 bits per heavy atom. The molecule has 1 heterocycles. The summed E-state index contributed by atoms with van der Waals surface area (Å²) in [7, 11) is 5.17. The summed E-state index contributed by atoms with van der Waals surface area (Å²) in [4.78, 5) is 23.1. The molecule has 1 amide bonds. The number of aldehydes is 1. The molecule has 0 atom stereocenters. The fraction of sp³-hybridized carbons (Fsp3) is 0.517. The second-order valence-corrected chi connectivity index (χ2v) is 8.63. The predicted octanol–water partition coefficient (Wildman–Crippen LogP) is 4.53. The summed E-state index contributed by atoms with van der Waals surface area (Å²) >= 11 is 0. The zero-order valence-electron chi connectivity index (χ0n) is 22.8. The maximum atomic E-state index is 11.7. The third-order valence-corrected chi connectivity index (χ3v) is 5.82. The van der Waals surface area contributed by atoms with Crippen LogP contribution in [-0.4, -0.2) is 59.4 Å². The van der Waals surface area contributed by atoms with Crippen molar-refractivity contribution < 1.29 is 23.8 Å². The molecule has 0 spiro atoms. The van der Waals surface area contributed by atoms with Gasteiger partial charge in [-0.15, -0.1) is 0 Å². The summed E-state index contributed by atoms with van der Waals surface area (Å²) in [5.74, 6) is 0.610. The molecular weight excluding hydrogens is 456 g/mol. The molecule has 0 bridgehead atoms. The summed E-state index contributed by atoms with van der Waals surface area (Å²) < 4.78 is 16.0. The zero-order chi connectivity index (χ0) is 26.8. The number of hydrogen-bond donors (Lipinski definition) is 2. The van der Waals surface area contributed by atoms with E-state index in [1.54, 1.807) is 27.2 Å². The van der Waals surface area contributed by atoms with E-state index < -0.39 is 0 Å². The number of carbonyl (C=O) groups is 2. The van der Waals surface area contributed by atoms with E-state index in [0.29, 0.717) is 17.6 Å². The molecule has 1 aromatic carbocycles. The molecule has 7 heteroatoms. The molecule has 0 saturated carbocycles. The van der Waals surface area contributed by atoms with Gasteiger partial charge in [-0.2, -0.15) is 0 Å². The van der Waals surface area contributed by atoms with Gasteiger partial charge in [0.25, 0.3) is 0 Å². The number of ether oxygens (including phenoxy) is 3. The van der Waals surface area contributed by atoms with Crippen LogP contribution >= 0.6 is 0 Å². The highest BCUT2D eigenvalue weighted by molar-refractivity contribution is 5.95. The minimum absolute atomic E-state index is 0.0668. The molecule has 36 heavy (non-hydrogen) atoms. The SMILES string of the molecule is CC/C(C)=C(/C=C(C=O)\C=C(/C)C(=O)NC)Cc1cccc(OC)c1.CNCCCC1OCCCO1. The Kier molecular flexibility index (Phi) is 16.1. The molecule has 0 unspecified atom stereocenters. The second kappa shape index (κ2) is 18.5. The molecule has 7 nitrogen and oxygen atoms in total. The van der Waals surface area contributed by atoms with E-state index in [0.717, 1.165) is 68.6 Å². The molecule has 0 aliphatic carbocycles. The molecule has 0 aromatic heterocycles. The highest BCUT2D eigenvalue weighted by atomic mass is 16.7. The van der Waals surface area contributed by atoms with Gasteiger partial charge in [-0.25, -0.2) is 0 Å². The Bertz CT molecular complexity index is 899. The van der Waals surface area contributed by atoms with Crippen molar-refractivity contribution in [2.45, 2.75) is 59.2 Å². The van der Waals surface area contributed by atoms with Crippen LogP contribution in [0.2, 0.25) is 0 Å². The van der Waals surface area contributed by atoms with Crippen LogP contribution < -0.4 is 15.4 Å². The molecule has 2 N–H and O–H groups in total. The quantitative estimate of drug-likeness (QED) is 0.190. The van der Waals surface area contributed by atoms with Gasteiger partial charge in [0.1, 0.15) is 12.0 Å². The molecule has 1 aliphatic rings. The van der Waals surface area contributed by atoms with Crippen LogP contribution in [0.5, 0.6) is 5.75 Å². The zero-order valence-corrected chi connectivity index (χ0v) is 22.8. The Hall–Kier alpha value is -2.74. The van der Waals surface area contributed by atoms with Gasteiger partial charge in [0.2, 0.25) is 5.91 Å². The van der Waals surface area contributed by atoms with Crippen LogP contribution in [0.25, 0.3) is 0 Å². The van der Waals surface area contributed by atoms with Gasteiger partial charge in [-0.1, -0.05) is 24.6 Å². The molecule has 1 fully saturated rings. The van der Waals surface area contributed by atoms with Crippen molar-refractivity contribution in [2.24, 2.45) is 0 Å². The predicted molar refractivity (Wildman–Crippen MR) is 145 cm³/mol. The molecule has 1 aliphatic heterocycles. The van der Waals surface area contributed by atoms with E-state index in [9.17, 15) is 9.59 Å². The van der Waals surface area contributed by atoms with Crippen LogP contribution in [0, 0.1) is 0 Å². The number of carbonyl (C=O) groups excluding carboxylic acids is 2. The standard InChI is InChI=1S/C21H27NO3.C8H17NO2/c1-6-15(2)19(11-17-8-7-9-20(13-17)25-5)12-18(14-23)10-16(3)21(24)22-4;1-9-5-2-4-8-10-6-3-7-11-8/h7-10,12-14H,6,11H2,1-5H3,(H,22,24);8-9H,2-7H2,1H3/b16-10+,18-12+,19-15+;. The molecule has 1 saturated heterocycles. The summed E-state index contributed by atoms with van der Waals surface area (Å²) in [6, 6.07) is 7.88. The lowest BCUT2D eigenvalue weighted by Gasteiger charge is -2.22. The fourth-order valence-corrected chi connectivity index (χ4v) is 3.53. The smallest absolute Gasteiger partial charge is 0.246 e. The summed E-state index contributed by atoms with van der Waals surface area (Å²) in [5.41, 5.74) is 4.35. The van der Waals surface area contributed by atoms with Crippen LogP contribution in [0.1, 0.15) is 52.0 Å². The van der Waals surface area contributed by atoms with Crippen molar-refractivity contribution in [3.63, 3.8) is 0 Å². The lowest BCUT2D eigenvalue weighted by molar-refractivity contribution is -0.181. The molecule has 0 radical (unpaired) electrons. The fourth-order valence-electron chi connectivity index (χ4n) is 3.53. The summed E-state index contributed by atoms with van der Waals surface area (Å²) in [6.45, 7) is 8.61. The third kappa shape index (κ3) is 12.3. The number of amides is 1. The number of benzene rings is 1. The second-order valence-electron chi connectivity index (χ2n) is 8.63. The molecule has 200 valence electrons. The van der Waals surface area contributed by atoms with E-state index in [-0.39, 0.29) is 12.2 Å². The van der Waals surface area contributed by atoms with Crippen molar-refractivity contribution in [1.29, 1.82) is 0 Å². The Labute approximate surface area is 217 Å². The van der Waals surface area contributed by atoms with Crippen LogP contribution in [0.3, 0.4) is 0 Å². The van der Waals surface area contributed by atoms with Gasteiger partial charge in [-0.05, 0) is 95.0 Å². The largest absolute Gasteiger partial charge is 0.497 e. The average molecular weight is 501 g/mol. The normalized spacial score (nSPS) is 15.4. The summed E-state index contributed by atoms with van der Waals surface area (Å²) in [5, 5.41) is 5.65. The number of hydrogen-bond acceptors (Lipinski definition) is 6. The van der Waals surface area contributed by atoms with E-state index in [4.69, 9.17) is 14.2 Å². The Morgan fingerprint density at radius 2 is 1.89 bits per heavy atom. The maximum Gasteiger partial charge on any atom is 0.246 e. The Morgan fingerprint density at radius 1 is 1.17 bits per heavy atom. The van der Waals surface area contributed by atoms with Crippen molar-refractivity contribution in [3.8, 4) is 5.75 Å². The first-order valence-corrected chi connectivity index (χ1v) is 12.6. The molecule has 2 rings (SSSR count). The molecular formula is C29H44N2O5. The van der Waals surface area contributed by atoms with Gasteiger partial charge in [0, 0.05) is 18.2 Å². The van der Waals surface area contributed by atoms with E-state index in [1.165, 1.54) is 5.57 Å². The number of nitrogens with one attached hydrogen (secondary N) is 2. The minimum atomic E-state index is -0.196.